The van der Waals surface area contributed by atoms with E-state index in [1.165, 1.54) is 6.33 Å². The van der Waals surface area contributed by atoms with Crippen molar-refractivity contribution in [2.24, 2.45) is 11.8 Å². The van der Waals surface area contributed by atoms with E-state index in [2.05, 4.69) is 45.7 Å². The quantitative estimate of drug-likeness (QED) is 0.635. The number of rotatable bonds is 2. The zero-order chi connectivity index (χ0) is 21.8. The monoisotopic (exact) mass is 409 g/mol. The van der Waals surface area contributed by atoms with Gasteiger partial charge in [-0.15, -0.1) is 0 Å². The molecule has 2 aromatic heterocycles. The van der Waals surface area contributed by atoms with Gasteiger partial charge in [-0.2, -0.15) is 5.26 Å². The molecule has 31 heavy (non-hydrogen) atoms. The van der Waals surface area contributed by atoms with Crippen LogP contribution in [-0.2, 0) is 16.6 Å². The summed E-state index contributed by atoms with van der Waals surface area (Å²) in [6.07, 6.45) is 8.75. The van der Waals surface area contributed by atoms with Crippen molar-refractivity contribution in [1.82, 2.24) is 19.5 Å². The first kappa shape index (κ1) is 19.4. The number of ketones is 1. The number of hydrogen-bond donors (Lipinski definition) is 0. The number of imidazole rings is 1. The van der Waals surface area contributed by atoms with Crippen LogP contribution in [0.15, 0.2) is 54.6 Å². The number of fused-ring (bicyclic) bond motifs is 3. The normalized spacial score (nSPS) is 24.7. The molecule has 6 nitrogen and oxygen atoms in total. The van der Waals surface area contributed by atoms with Crippen LogP contribution >= 0.6 is 0 Å². The third-order valence-corrected chi connectivity index (χ3v) is 6.96. The third-order valence-electron chi connectivity index (χ3n) is 6.96. The predicted octanol–water partition coefficient (Wildman–Crippen LogP) is 4.13. The molecule has 0 fully saturated rings. The van der Waals surface area contributed by atoms with Gasteiger partial charge in [-0.1, -0.05) is 32.1 Å². The Morgan fingerprint density at radius 1 is 1.23 bits per heavy atom. The smallest absolute Gasteiger partial charge is 0.176 e. The molecule has 6 heteroatoms. The van der Waals surface area contributed by atoms with Crippen molar-refractivity contribution >= 4 is 5.78 Å². The van der Waals surface area contributed by atoms with Gasteiger partial charge in [0, 0.05) is 40.7 Å². The predicted molar refractivity (Wildman–Crippen MR) is 116 cm³/mol. The molecular formula is C25H23N5O. The summed E-state index contributed by atoms with van der Waals surface area (Å²) in [4.78, 5) is 25.9. The fourth-order valence-electron chi connectivity index (χ4n) is 5.45. The van der Waals surface area contributed by atoms with Crippen LogP contribution in [0.2, 0.25) is 0 Å². The van der Waals surface area contributed by atoms with Crippen LogP contribution in [0.25, 0.3) is 16.8 Å². The molecule has 3 aromatic rings. The SMILES string of the molecule is Cc1nc2c(n1-c1cccc(-c3cncnc3)c1)CC[C@H]1[C@H](C)C(=O)C(C#N)=C[C@]21C. The third kappa shape index (κ3) is 2.84. The molecule has 2 aliphatic carbocycles. The van der Waals surface area contributed by atoms with Crippen molar-refractivity contribution in [2.45, 2.75) is 39.0 Å². The molecule has 0 spiro atoms. The number of hydrogen-bond acceptors (Lipinski definition) is 5. The van der Waals surface area contributed by atoms with Crippen molar-refractivity contribution in [2.75, 3.05) is 0 Å². The average Bonchev–Trinajstić information content (AvgIpc) is 3.14. The van der Waals surface area contributed by atoms with Crippen LogP contribution in [0.3, 0.4) is 0 Å². The summed E-state index contributed by atoms with van der Waals surface area (Å²) in [5, 5.41) is 9.53. The Morgan fingerprint density at radius 3 is 2.74 bits per heavy atom. The summed E-state index contributed by atoms with van der Waals surface area (Å²) < 4.78 is 2.21. The number of nitrogens with zero attached hydrogens (tertiary/aromatic N) is 5. The van der Waals surface area contributed by atoms with Gasteiger partial charge < -0.3 is 4.57 Å². The standard InChI is InChI=1S/C25H23N5O/c1-15-21-7-8-22-24(25(21,3)10-18(11-26)23(15)31)29-16(2)30(22)20-6-4-5-17(9-20)19-12-27-14-28-13-19/h4-6,9-10,12-15,21H,7-8H2,1-3H3/t15-,21-,25-/m0/s1. The molecule has 0 saturated heterocycles. The lowest BCUT2D eigenvalue weighted by Crippen LogP contribution is -2.45. The van der Waals surface area contributed by atoms with Gasteiger partial charge in [0.25, 0.3) is 0 Å². The van der Waals surface area contributed by atoms with Gasteiger partial charge in [0.05, 0.1) is 11.3 Å². The van der Waals surface area contributed by atoms with Crippen LogP contribution < -0.4 is 0 Å². The summed E-state index contributed by atoms with van der Waals surface area (Å²) in [6.45, 7) is 6.10. The molecule has 0 saturated carbocycles. The van der Waals surface area contributed by atoms with Crippen LogP contribution in [0.4, 0.5) is 0 Å². The van der Waals surface area contributed by atoms with E-state index in [1.807, 2.05) is 38.4 Å². The van der Waals surface area contributed by atoms with E-state index < -0.39 is 5.41 Å². The Bertz CT molecular complexity index is 1270. The second-order valence-electron chi connectivity index (χ2n) is 8.72. The first-order valence-corrected chi connectivity index (χ1v) is 10.6. The highest BCUT2D eigenvalue weighted by atomic mass is 16.1. The fourth-order valence-corrected chi connectivity index (χ4v) is 5.45. The molecule has 0 aliphatic heterocycles. The number of aromatic nitrogens is 4. The fraction of sp³-hybridized carbons (Fsp3) is 0.320. The van der Waals surface area contributed by atoms with Crippen molar-refractivity contribution in [3.63, 3.8) is 0 Å². The Balaban J connectivity index is 1.66. The van der Waals surface area contributed by atoms with Crippen molar-refractivity contribution in [1.29, 1.82) is 5.26 Å². The second-order valence-corrected chi connectivity index (χ2v) is 8.72. The van der Waals surface area contributed by atoms with E-state index in [0.29, 0.717) is 0 Å². The maximum atomic E-state index is 12.6. The van der Waals surface area contributed by atoms with E-state index >= 15 is 0 Å². The number of nitriles is 1. The first-order chi connectivity index (χ1) is 14.9. The van der Waals surface area contributed by atoms with E-state index in [1.54, 1.807) is 0 Å². The summed E-state index contributed by atoms with van der Waals surface area (Å²) >= 11 is 0. The second kappa shape index (κ2) is 6.98. The number of carbonyl (C=O) groups is 1. The molecule has 0 bridgehead atoms. The molecule has 2 aliphatic rings. The maximum absolute atomic E-state index is 12.6. The van der Waals surface area contributed by atoms with E-state index in [0.717, 1.165) is 46.9 Å². The molecule has 154 valence electrons. The summed E-state index contributed by atoms with van der Waals surface area (Å²) in [5.74, 6) is 0.844. The van der Waals surface area contributed by atoms with E-state index in [4.69, 9.17) is 4.98 Å². The zero-order valence-electron chi connectivity index (χ0n) is 17.8. The summed E-state index contributed by atoms with van der Waals surface area (Å²) in [5.41, 5.74) is 5.03. The van der Waals surface area contributed by atoms with Crippen LogP contribution in [0.5, 0.6) is 0 Å². The minimum absolute atomic E-state index is 0.0395. The highest BCUT2D eigenvalue weighted by Crippen LogP contribution is 2.50. The summed E-state index contributed by atoms with van der Waals surface area (Å²) in [6, 6.07) is 10.4. The molecule has 2 heterocycles. The van der Waals surface area contributed by atoms with Gasteiger partial charge in [0.1, 0.15) is 18.2 Å². The molecule has 0 amide bonds. The van der Waals surface area contributed by atoms with Gasteiger partial charge in [-0.25, -0.2) is 15.0 Å². The topological polar surface area (TPSA) is 84.5 Å². The van der Waals surface area contributed by atoms with Crippen LogP contribution in [-0.4, -0.2) is 25.3 Å². The number of aryl methyl sites for hydroxylation is 1. The molecular weight excluding hydrogens is 386 g/mol. The molecule has 1 aromatic carbocycles. The Labute approximate surface area is 181 Å². The maximum Gasteiger partial charge on any atom is 0.176 e. The van der Waals surface area contributed by atoms with Crippen LogP contribution in [0.1, 0.15) is 37.5 Å². The lowest BCUT2D eigenvalue weighted by molar-refractivity contribution is -0.121. The van der Waals surface area contributed by atoms with Crippen LogP contribution in [0, 0.1) is 30.1 Å². The van der Waals surface area contributed by atoms with Gasteiger partial charge >= 0.3 is 0 Å². The van der Waals surface area contributed by atoms with Gasteiger partial charge in [0.15, 0.2) is 5.78 Å². The first-order valence-electron chi connectivity index (χ1n) is 10.6. The lowest BCUT2D eigenvalue weighted by Gasteiger charge is -2.44. The van der Waals surface area contributed by atoms with Gasteiger partial charge in [0.2, 0.25) is 0 Å². The highest BCUT2D eigenvalue weighted by molar-refractivity contribution is 6.02. The van der Waals surface area contributed by atoms with Gasteiger partial charge in [-0.05, 0) is 43.4 Å². The molecule has 5 rings (SSSR count). The Kier molecular flexibility index (Phi) is 4.37. The van der Waals surface area contributed by atoms with Crippen molar-refractivity contribution in [3.05, 3.63) is 71.8 Å². The number of benzene rings is 1. The highest BCUT2D eigenvalue weighted by Gasteiger charge is 2.50. The number of allylic oxidation sites excluding steroid dienone is 2. The van der Waals surface area contributed by atoms with Gasteiger partial charge in [-0.3, -0.25) is 4.79 Å². The van der Waals surface area contributed by atoms with Crippen molar-refractivity contribution < 1.29 is 4.79 Å². The zero-order valence-corrected chi connectivity index (χ0v) is 17.8. The van der Waals surface area contributed by atoms with E-state index in [-0.39, 0.29) is 23.2 Å². The summed E-state index contributed by atoms with van der Waals surface area (Å²) in [7, 11) is 0. The Hall–Kier alpha value is -3.59. The average molecular weight is 409 g/mol. The minimum Gasteiger partial charge on any atom is -0.301 e. The number of Topliss-reactive ketones (excluding diaryl/α,β-unsaturated/α-hetero) is 1. The Morgan fingerprint density at radius 2 is 2.00 bits per heavy atom. The number of carbonyl (C=O) groups excluding carboxylic acids is 1. The minimum atomic E-state index is -0.424. The molecule has 3 atom stereocenters. The molecule has 0 unspecified atom stereocenters. The largest absolute Gasteiger partial charge is 0.301 e. The molecule has 0 N–H and O–H groups in total. The van der Waals surface area contributed by atoms with E-state index in [9.17, 15) is 10.1 Å². The molecule has 0 radical (unpaired) electrons. The lowest BCUT2D eigenvalue weighted by atomic mass is 9.58. The van der Waals surface area contributed by atoms with Crippen molar-refractivity contribution in [3.8, 4) is 22.9 Å².